The van der Waals surface area contributed by atoms with Crippen LogP contribution in [0.15, 0.2) is 48.5 Å². The minimum atomic E-state index is -0.233. The fourth-order valence-corrected chi connectivity index (χ4v) is 2.71. The average Bonchev–Trinajstić information content (AvgIpc) is 2.59. The molecule has 1 heterocycles. The fourth-order valence-electron chi connectivity index (χ4n) is 2.24. The molecule has 0 bridgehead atoms. The van der Waals surface area contributed by atoms with E-state index in [4.69, 9.17) is 32.7 Å². The third-order valence-corrected chi connectivity index (χ3v) is 4.01. The highest BCUT2D eigenvalue weighted by Crippen LogP contribution is 2.30. The Balaban J connectivity index is 1.52. The van der Waals surface area contributed by atoms with E-state index in [9.17, 15) is 4.79 Å². The molecule has 0 saturated carbocycles. The molecule has 1 unspecified atom stereocenters. The van der Waals surface area contributed by atoms with Gasteiger partial charge in [0.1, 0.15) is 12.7 Å². The molecule has 0 radical (unpaired) electrons. The normalized spacial score (nSPS) is 16.2. The highest BCUT2D eigenvalue weighted by atomic mass is 35.5. The fraction of sp³-hybridized carbons (Fsp3) is 0.167. The third kappa shape index (κ3) is 4.22. The van der Waals surface area contributed by atoms with Crippen LogP contribution >= 0.6 is 23.2 Å². The van der Waals surface area contributed by atoms with E-state index in [-0.39, 0.29) is 12.0 Å². The molecule has 0 fully saturated rings. The standard InChI is InChI=1S/C18H15Cl2NO3/c19-13-7-5-12(15(20)9-13)6-8-18(22)21-10-14-11-23-16-3-1-2-4-17(16)24-14/h1-9,14H,10-11H2,(H,21,22)/b8-6+. The molecule has 3 rings (SSSR count). The van der Waals surface area contributed by atoms with Gasteiger partial charge in [-0.3, -0.25) is 4.79 Å². The van der Waals surface area contributed by atoms with Crippen LogP contribution in [0.5, 0.6) is 11.5 Å². The van der Waals surface area contributed by atoms with Gasteiger partial charge in [-0.15, -0.1) is 0 Å². The van der Waals surface area contributed by atoms with Crippen LogP contribution in [0.1, 0.15) is 5.56 Å². The number of para-hydroxylation sites is 2. The summed E-state index contributed by atoms with van der Waals surface area (Å²) in [6, 6.07) is 12.6. The van der Waals surface area contributed by atoms with Crippen molar-refractivity contribution in [3.63, 3.8) is 0 Å². The van der Waals surface area contributed by atoms with Crippen LogP contribution in [0.3, 0.4) is 0 Å². The van der Waals surface area contributed by atoms with Crippen molar-refractivity contribution in [1.82, 2.24) is 5.32 Å². The van der Waals surface area contributed by atoms with Gasteiger partial charge in [0.05, 0.1) is 6.54 Å². The number of hydrogen-bond donors (Lipinski definition) is 1. The summed E-state index contributed by atoms with van der Waals surface area (Å²) < 4.78 is 11.4. The van der Waals surface area contributed by atoms with Crippen molar-refractivity contribution in [3.8, 4) is 11.5 Å². The zero-order chi connectivity index (χ0) is 16.9. The number of amides is 1. The molecule has 0 aromatic heterocycles. The Bertz CT molecular complexity index is 777. The number of halogens is 2. The molecule has 4 nitrogen and oxygen atoms in total. The molecule has 1 atom stereocenters. The Hall–Kier alpha value is -2.17. The average molecular weight is 364 g/mol. The Morgan fingerprint density at radius 2 is 2.00 bits per heavy atom. The maximum atomic E-state index is 11.9. The minimum Gasteiger partial charge on any atom is -0.486 e. The van der Waals surface area contributed by atoms with E-state index in [0.717, 1.165) is 11.3 Å². The van der Waals surface area contributed by atoms with Crippen molar-refractivity contribution < 1.29 is 14.3 Å². The van der Waals surface area contributed by atoms with Gasteiger partial charge in [0.15, 0.2) is 11.5 Å². The van der Waals surface area contributed by atoms with Gasteiger partial charge >= 0.3 is 0 Å². The van der Waals surface area contributed by atoms with Crippen LogP contribution in [-0.4, -0.2) is 25.2 Å². The van der Waals surface area contributed by atoms with Crippen molar-refractivity contribution in [1.29, 1.82) is 0 Å². The molecule has 0 spiro atoms. The number of nitrogens with one attached hydrogen (secondary N) is 1. The molecule has 124 valence electrons. The highest BCUT2D eigenvalue weighted by molar-refractivity contribution is 6.35. The van der Waals surface area contributed by atoms with Crippen molar-refractivity contribution in [3.05, 3.63) is 64.1 Å². The second-order valence-corrected chi connectivity index (χ2v) is 6.09. The largest absolute Gasteiger partial charge is 0.486 e. The molecule has 1 aliphatic rings. The molecular formula is C18H15Cl2NO3. The lowest BCUT2D eigenvalue weighted by atomic mass is 10.2. The molecule has 6 heteroatoms. The van der Waals surface area contributed by atoms with E-state index in [1.807, 2.05) is 24.3 Å². The van der Waals surface area contributed by atoms with Crippen molar-refractivity contribution in [2.45, 2.75) is 6.10 Å². The summed E-state index contributed by atoms with van der Waals surface area (Å²) in [5.41, 5.74) is 0.724. The van der Waals surface area contributed by atoms with E-state index < -0.39 is 0 Å². The number of rotatable bonds is 4. The highest BCUT2D eigenvalue weighted by Gasteiger charge is 2.20. The summed E-state index contributed by atoms with van der Waals surface area (Å²) in [5.74, 6) is 1.17. The van der Waals surface area contributed by atoms with Crippen LogP contribution in [0.25, 0.3) is 6.08 Å². The molecular weight excluding hydrogens is 349 g/mol. The molecule has 2 aromatic rings. The van der Waals surface area contributed by atoms with Crippen molar-refractivity contribution in [2.24, 2.45) is 0 Å². The van der Waals surface area contributed by atoms with Gasteiger partial charge in [-0.1, -0.05) is 41.4 Å². The lowest BCUT2D eigenvalue weighted by Gasteiger charge is -2.26. The smallest absolute Gasteiger partial charge is 0.244 e. The Morgan fingerprint density at radius 1 is 1.21 bits per heavy atom. The Morgan fingerprint density at radius 3 is 2.79 bits per heavy atom. The number of benzene rings is 2. The van der Waals surface area contributed by atoms with Crippen LogP contribution < -0.4 is 14.8 Å². The first-order valence-corrected chi connectivity index (χ1v) is 8.17. The van der Waals surface area contributed by atoms with Crippen molar-refractivity contribution in [2.75, 3.05) is 13.2 Å². The summed E-state index contributed by atoms with van der Waals surface area (Å²) in [6.07, 6.45) is 2.84. The topological polar surface area (TPSA) is 47.6 Å². The summed E-state index contributed by atoms with van der Waals surface area (Å²) in [7, 11) is 0. The lowest BCUT2D eigenvalue weighted by Crippen LogP contribution is -2.40. The maximum absolute atomic E-state index is 11.9. The zero-order valence-electron chi connectivity index (χ0n) is 12.7. The summed E-state index contributed by atoms with van der Waals surface area (Å²) in [6.45, 7) is 0.746. The molecule has 1 amide bonds. The molecule has 0 saturated heterocycles. The summed E-state index contributed by atoms with van der Waals surface area (Å²) in [5, 5.41) is 3.83. The first kappa shape index (κ1) is 16.7. The SMILES string of the molecule is O=C(/C=C/c1ccc(Cl)cc1Cl)NCC1COc2ccccc2O1. The first-order valence-electron chi connectivity index (χ1n) is 7.41. The molecule has 0 aliphatic carbocycles. The van der Waals surface area contributed by atoms with Crippen LogP contribution in [-0.2, 0) is 4.79 Å². The van der Waals surface area contributed by atoms with E-state index in [1.54, 1.807) is 24.3 Å². The van der Waals surface area contributed by atoms with Gasteiger partial charge in [0.2, 0.25) is 5.91 Å². The van der Waals surface area contributed by atoms with E-state index >= 15 is 0 Å². The van der Waals surface area contributed by atoms with Gasteiger partial charge in [-0.05, 0) is 35.9 Å². The molecule has 1 N–H and O–H groups in total. The number of hydrogen-bond acceptors (Lipinski definition) is 3. The number of carbonyl (C=O) groups is 1. The number of carbonyl (C=O) groups excluding carboxylic acids is 1. The maximum Gasteiger partial charge on any atom is 0.244 e. The van der Waals surface area contributed by atoms with Gasteiger partial charge in [0, 0.05) is 16.1 Å². The van der Waals surface area contributed by atoms with E-state index in [2.05, 4.69) is 5.32 Å². The Kier molecular flexibility index (Phi) is 5.28. The minimum absolute atomic E-state index is 0.226. The van der Waals surface area contributed by atoms with Gasteiger partial charge in [-0.25, -0.2) is 0 Å². The number of ether oxygens (including phenoxy) is 2. The second kappa shape index (κ2) is 7.60. The predicted molar refractivity (Wildman–Crippen MR) is 94.9 cm³/mol. The second-order valence-electron chi connectivity index (χ2n) is 5.24. The lowest BCUT2D eigenvalue weighted by molar-refractivity contribution is -0.116. The van der Waals surface area contributed by atoms with Crippen LogP contribution in [0.2, 0.25) is 10.0 Å². The van der Waals surface area contributed by atoms with Crippen LogP contribution in [0.4, 0.5) is 0 Å². The molecule has 2 aromatic carbocycles. The third-order valence-electron chi connectivity index (χ3n) is 3.45. The number of fused-ring (bicyclic) bond motifs is 1. The monoisotopic (exact) mass is 363 g/mol. The molecule has 1 aliphatic heterocycles. The van der Waals surface area contributed by atoms with Crippen molar-refractivity contribution >= 4 is 35.2 Å². The molecule has 24 heavy (non-hydrogen) atoms. The first-order chi connectivity index (χ1) is 11.6. The van der Waals surface area contributed by atoms with E-state index in [1.165, 1.54) is 6.08 Å². The predicted octanol–water partition coefficient (Wildman–Crippen LogP) is 3.96. The van der Waals surface area contributed by atoms with Gasteiger partial charge in [-0.2, -0.15) is 0 Å². The quantitative estimate of drug-likeness (QED) is 0.836. The summed E-state index contributed by atoms with van der Waals surface area (Å²) >= 11 is 11.9. The van der Waals surface area contributed by atoms with Gasteiger partial charge in [0.25, 0.3) is 0 Å². The Labute approximate surface area is 150 Å². The van der Waals surface area contributed by atoms with Gasteiger partial charge < -0.3 is 14.8 Å². The van der Waals surface area contributed by atoms with Crippen LogP contribution in [0, 0.1) is 0 Å². The summed E-state index contributed by atoms with van der Waals surface area (Å²) in [4.78, 5) is 11.9. The zero-order valence-corrected chi connectivity index (χ0v) is 14.2. The van der Waals surface area contributed by atoms with E-state index in [0.29, 0.717) is 28.9 Å².